The molecule has 0 bridgehead atoms. The van der Waals surface area contributed by atoms with Gasteiger partial charge in [0.1, 0.15) is 11.6 Å². The van der Waals surface area contributed by atoms with Crippen LogP contribution in [0.1, 0.15) is 0 Å². The molecular formula is C42H26N6S2. The van der Waals surface area contributed by atoms with Gasteiger partial charge in [0.25, 0.3) is 0 Å². The second kappa shape index (κ2) is 11.7. The first kappa shape index (κ1) is 28.8. The van der Waals surface area contributed by atoms with Crippen LogP contribution in [0.4, 0.5) is 34.4 Å². The Morgan fingerprint density at radius 1 is 0.400 bits per heavy atom. The Kier molecular flexibility index (Phi) is 6.75. The maximum atomic E-state index is 4.71. The molecule has 0 aliphatic rings. The highest BCUT2D eigenvalue weighted by Gasteiger charge is 2.21. The summed E-state index contributed by atoms with van der Waals surface area (Å²) < 4.78 is 5.09. The number of hydrogen-bond acceptors (Lipinski definition) is 8. The first-order chi connectivity index (χ1) is 24.8. The van der Waals surface area contributed by atoms with Gasteiger partial charge in [0.15, 0.2) is 0 Å². The fourth-order valence-corrected chi connectivity index (χ4v) is 9.64. The third-order valence-corrected chi connectivity index (χ3v) is 11.6. The molecule has 0 atom stereocenters. The topological polar surface area (TPSA) is 58.0 Å². The van der Waals surface area contributed by atoms with Crippen molar-refractivity contribution in [2.75, 3.05) is 9.80 Å². The van der Waals surface area contributed by atoms with Crippen molar-refractivity contribution in [3.63, 3.8) is 0 Å². The molecule has 6 heterocycles. The minimum Gasteiger partial charge on any atom is -0.293 e. The molecule has 6 aromatic heterocycles. The van der Waals surface area contributed by atoms with Crippen LogP contribution in [-0.4, -0.2) is 19.9 Å². The second-order valence-electron chi connectivity index (χ2n) is 12.0. The van der Waals surface area contributed by atoms with Gasteiger partial charge in [0.05, 0.1) is 33.2 Å². The SMILES string of the molecule is c1ccc(N(c2cccnc2)c2ccc3c(c2)sc2c4sc5cc(N(c6cccnc6)c6ccccn6)ccc5c4c4ccccc4c32)nc1. The third kappa shape index (κ3) is 4.61. The molecule has 0 radical (unpaired) electrons. The Hall–Kier alpha value is -6.22. The third-order valence-electron chi connectivity index (χ3n) is 9.10. The summed E-state index contributed by atoms with van der Waals surface area (Å²) in [4.78, 5) is 22.6. The lowest BCUT2D eigenvalue weighted by Gasteiger charge is -2.23. The number of benzene rings is 4. The molecule has 8 heteroatoms. The lowest BCUT2D eigenvalue weighted by Crippen LogP contribution is -2.11. The first-order valence-corrected chi connectivity index (χ1v) is 17.9. The number of nitrogens with zero attached hydrogens (tertiary/aromatic N) is 6. The maximum Gasteiger partial charge on any atom is 0.137 e. The fourth-order valence-electron chi connectivity index (χ4n) is 6.99. The van der Waals surface area contributed by atoms with E-state index >= 15 is 0 Å². The van der Waals surface area contributed by atoms with E-state index in [1.54, 1.807) is 12.4 Å². The number of hydrogen-bond donors (Lipinski definition) is 0. The summed E-state index contributed by atoms with van der Waals surface area (Å²) in [5.74, 6) is 1.69. The van der Waals surface area contributed by atoms with Crippen molar-refractivity contribution in [2.45, 2.75) is 0 Å². The summed E-state index contributed by atoms with van der Waals surface area (Å²) >= 11 is 3.73. The van der Waals surface area contributed by atoms with Crippen LogP contribution in [0.25, 0.3) is 51.1 Å². The second-order valence-corrected chi connectivity index (χ2v) is 14.1. The summed E-state index contributed by atoms with van der Waals surface area (Å²) in [6, 6.07) is 42.5. The molecule has 0 spiro atoms. The number of anilines is 6. The van der Waals surface area contributed by atoms with Gasteiger partial charge in [0.2, 0.25) is 0 Å². The first-order valence-electron chi connectivity index (χ1n) is 16.3. The Morgan fingerprint density at radius 3 is 1.30 bits per heavy atom. The van der Waals surface area contributed by atoms with Crippen LogP contribution in [0.3, 0.4) is 0 Å². The van der Waals surface area contributed by atoms with E-state index in [1.807, 2.05) is 96.0 Å². The van der Waals surface area contributed by atoms with Gasteiger partial charge in [-0.15, -0.1) is 22.7 Å². The van der Waals surface area contributed by atoms with E-state index in [1.165, 1.54) is 51.1 Å². The van der Waals surface area contributed by atoms with E-state index < -0.39 is 0 Å². The summed E-state index contributed by atoms with van der Waals surface area (Å²) in [6.07, 6.45) is 11.0. The highest BCUT2D eigenvalue weighted by atomic mass is 32.1. The van der Waals surface area contributed by atoms with Crippen molar-refractivity contribution in [3.05, 3.63) is 159 Å². The van der Waals surface area contributed by atoms with Gasteiger partial charge in [0, 0.05) is 67.1 Å². The molecule has 0 N–H and O–H groups in total. The predicted molar refractivity (Wildman–Crippen MR) is 210 cm³/mol. The quantitative estimate of drug-likeness (QED) is 0.174. The lowest BCUT2D eigenvalue weighted by atomic mass is 9.99. The van der Waals surface area contributed by atoms with E-state index in [9.17, 15) is 0 Å². The van der Waals surface area contributed by atoms with Gasteiger partial charge in [-0.25, -0.2) is 9.97 Å². The molecule has 0 aliphatic carbocycles. The molecule has 4 aromatic carbocycles. The number of rotatable bonds is 6. The van der Waals surface area contributed by atoms with Crippen molar-refractivity contribution in [2.24, 2.45) is 0 Å². The summed E-state index contributed by atoms with van der Waals surface area (Å²) in [6.45, 7) is 0. The molecule has 6 nitrogen and oxygen atoms in total. The van der Waals surface area contributed by atoms with Crippen LogP contribution >= 0.6 is 22.7 Å². The molecule has 50 heavy (non-hydrogen) atoms. The van der Waals surface area contributed by atoms with E-state index in [0.717, 1.165) is 34.4 Å². The number of thiophene rings is 2. The summed E-state index contributed by atoms with van der Waals surface area (Å²) in [5.41, 5.74) is 4.02. The molecule has 0 amide bonds. The molecule has 0 saturated heterocycles. The predicted octanol–water partition coefficient (Wildman–Crippen LogP) is 12.1. The van der Waals surface area contributed by atoms with Crippen LogP contribution in [0.2, 0.25) is 0 Å². The number of fused-ring (bicyclic) bond motifs is 10. The van der Waals surface area contributed by atoms with Gasteiger partial charge >= 0.3 is 0 Å². The normalized spacial score (nSPS) is 11.6. The zero-order chi connectivity index (χ0) is 33.0. The van der Waals surface area contributed by atoms with Crippen molar-refractivity contribution in [1.29, 1.82) is 0 Å². The van der Waals surface area contributed by atoms with Crippen molar-refractivity contribution >= 4 is 108 Å². The largest absolute Gasteiger partial charge is 0.293 e. The summed E-state index contributed by atoms with van der Waals surface area (Å²) in [5, 5.41) is 7.68. The smallest absolute Gasteiger partial charge is 0.137 e. The van der Waals surface area contributed by atoms with Crippen LogP contribution in [0, 0.1) is 0 Å². The highest BCUT2D eigenvalue weighted by molar-refractivity contribution is 7.33. The fraction of sp³-hybridized carbons (Fsp3) is 0. The maximum absolute atomic E-state index is 4.71. The molecule has 10 rings (SSSR count). The Labute approximate surface area is 295 Å². The Bertz CT molecular complexity index is 2550. The van der Waals surface area contributed by atoms with E-state index in [-0.39, 0.29) is 0 Å². The zero-order valence-electron chi connectivity index (χ0n) is 26.5. The highest BCUT2D eigenvalue weighted by Crippen LogP contribution is 2.51. The van der Waals surface area contributed by atoms with Gasteiger partial charge < -0.3 is 0 Å². The average Bonchev–Trinajstić information content (AvgIpc) is 3.76. The Balaban J connectivity index is 1.20. The van der Waals surface area contributed by atoms with Gasteiger partial charge in [-0.3, -0.25) is 19.8 Å². The summed E-state index contributed by atoms with van der Waals surface area (Å²) in [7, 11) is 0. The lowest BCUT2D eigenvalue weighted by molar-refractivity contribution is 1.16. The van der Waals surface area contributed by atoms with Gasteiger partial charge in [-0.1, -0.05) is 48.5 Å². The monoisotopic (exact) mass is 678 g/mol. The van der Waals surface area contributed by atoms with Gasteiger partial charge in [-0.2, -0.15) is 0 Å². The van der Waals surface area contributed by atoms with Crippen LogP contribution in [0.5, 0.6) is 0 Å². The number of pyridine rings is 4. The van der Waals surface area contributed by atoms with Crippen LogP contribution in [0.15, 0.2) is 159 Å². The molecule has 0 saturated carbocycles. The van der Waals surface area contributed by atoms with Crippen LogP contribution in [-0.2, 0) is 0 Å². The van der Waals surface area contributed by atoms with Crippen molar-refractivity contribution in [3.8, 4) is 0 Å². The molecule has 236 valence electrons. The van der Waals surface area contributed by atoms with E-state index in [2.05, 4.69) is 92.6 Å². The standard InChI is InChI=1S/C42H26N6S2/c1-2-12-32-31(11-1)39-33-17-15-27(47(29-9-7-19-43-25-29)37-13-3-5-21-45-37)23-35(33)49-41(39)42-40(32)34-18-16-28(24-36(34)50-42)48(30-10-8-20-44-26-30)38-14-4-6-22-46-38/h1-26H. The zero-order valence-corrected chi connectivity index (χ0v) is 28.1. The van der Waals surface area contributed by atoms with Crippen molar-refractivity contribution in [1.82, 2.24) is 19.9 Å². The average molecular weight is 679 g/mol. The minimum atomic E-state index is 0.847. The van der Waals surface area contributed by atoms with E-state index in [0.29, 0.717) is 0 Å². The molecule has 0 fully saturated rings. The molecule has 10 aromatic rings. The molecule has 0 aliphatic heterocycles. The number of aromatic nitrogens is 4. The Morgan fingerprint density at radius 2 is 0.880 bits per heavy atom. The molecule has 0 unspecified atom stereocenters. The van der Waals surface area contributed by atoms with E-state index in [4.69, 9.17) is 9.97 Å². The van der Waals surface area contributed by atoms with Crippen molar-refractivity contribution < 1.29 is 0 Å². The van der Waals surface area contributed by atoms with Gasteiger partial charge in [-0.05, 0) is 83.6 Å². The molecular weight excluding hydrogens is 653 g/mol. The minimum absolute atomic E-state index is 0.847. The van der Waals surface area contributed by atoms with Crippen LogP contribution < -0.4 is 9.80 Å².